The highest BCUT2D eigenvalue weighted by molar-refractivity contribution is 7.99. The van der Waals surface area contributed by atoms with Gasteiger partial charge >= 0.3 is 0 Å². The molecule has 0 unspecified atom stereocenters. The van der Waals surface area contributed by atoms with Crippen molar-refractivity contribution in [2.45, 2.75) is 12.1 Å². The highest BCUT2D eigenvalue weighted by atomic mass is 32.2. The number of amides is 1. The first-order valence-corrected chi connectivity index (χ1v) is 8.91. The first-order chi connectivity index (χ1) is 12.7. The standard InChI is InChI=1S/C19H16N4O2S/c1-14-6-5-7-15(12-14)18-21-22-19(25-18)26-13-17(24)23(11-10-20)16-8-3-2-4-9-16/h2-9,12H,11,13H2,1H3. The average molecular weight is 364 g/mol. The summed E-state index contributed by atoms with van der Waals surface area (Å²) in [6, 6.07) is 18.9. The number of carbonyl (C=O) groups is 1. The van der Waals surface area contributed by atoms with Gasteiger partial charge in [0.2, 0.25) is 11.8 Å². The van der Waals surface area contributed by atoms with Crippen molar-refractivity contribution < 1.29 is 9.21 Å². The van der Waals surface area contributed by atoms with Crippen LogP contribution in [0.1, 0.15) is 5.56 Å². The Morgan fingerprint density at radius 3 is 2.73 bits per heavy atom. The molecular weight excluding hydrogens is 348 g/mol. The van der Waals surface area contributed by atoms with Crippen molar-refractivity contribution >= 4 is 23.4 Å². The summed E-state index contributed by atoms with van der Waals surface area (Å²) in [5, 5.41) is 17.3. The van der Waals surface area contributed by atoms with Gasteiger partial charge in [0.1, 0.15) is 6.54 Å². The van der Waals surface area contributed by atoms with E-state index in [9.17, 15) is 4.79 Å². The normalized spacial score (nSPS) is 10.3. The number of anilines is 1. The predicted molar refractivity (Wildman–Crippen MR) is 99.6 cm³/mol. The number of nitrogens with zero attached hydrogens (tertiary/aromatic N) is 4. The fourth-order valence-corrected chi connectivity index (χ4v) is 3.01. The van der Waals surface area contributed by atoms with E-state index in [0.29, 0.717) is 16.8 Å². The number of hydrogen-bond donors (Lipinski definition) is 0. The van der Waals surface area contributed by atoms with E-state index in [4.69, 9.17) is 9.68 Å². The summed E-state index contributed by atoms with van der Waals surface area (Å²) in [5.74, 6) is 0.324. The lowest BCUT2D eigenvalue weighted by Gasteiger charge is -2.18. The maximum atomic E-state index is 12.5. The van der Waals surface area contributed by atoms with Gasteiger partial charge in [-0.3, -0.25) is 9.69 Å². The second kappa shape index (κ2) is 8.32. The molecule has 3 rings (SSSR count). The Hall–Kier alpha value is -3.11. The van der Waals surface area contributed by atoms with Crippen LogP contribution in [-0.4, -0.2) is 28.4 Å². The topological polar surface area (TPSA) is 83.0 Å². The number of aryl methyl sites for hydroxylation is 1. The Kier molecular flexibility index (Phi) is 5.66. The molecule has 0 N–H and O–H groups in total. The summed E-state index contributed by atoms with van der Waals surface area (Å²) >= 11 is 1.16. The highest BCUT2D eigenvalue weighted by Gasteiger charge is 2.17. The van der Waals surface area contributed by atoms with Crippen molar-refractivity contribution in [2.75, 3.05) is 17.2 Å². The fourth-order valence-electron chi connectivity index (χ4n) is 2.37. The minimum atomic E-state index is -0.196. The Labute approximate surface area is 155 Å². The van der Waals surface area contributed by atoms with Crippen molar-refractivity contribution in [3.63, 3.8) is 0 Å². The molecule has 130 valence electrons. The van der Waals surface area contributed by atoms with Crippen LogP contribution in [0, 0.1) is 18.3 Å². The van der Waals surface area contributed by atoms with Crippen molar-refractivity contribution in [2.24, 2.45) is 0 Å². The van der Waals surface area contributed by atoms with Crippen molar-refractivity contribution in [3.05, 3.63) is 60.2 Å². The predicted octanol–water partition coefficient (Wildman–Crippen LogP) is 3.69. The van der Waals surface area contributed by atoms with Gasteiger partial charge in [0.15, 0.2) is 0 Å². The molecule has 0 aliphatic carbocycles. The number of thioether (sulfide) groups is 1. The summed E-state index contributed by atoms with van der Waals surface area (Å²) in [5.41, 5.74) is 2.62. The number of hydrogen-bond acceptors (Lipinski definition) is 6. The fraction of sp³-hybridized carbons (Fsp3) is 0.158. The van der Waals surface area contributed by atoms with Gasteiger partial charge in [0.25, 0.3) is 5.22 Å². The van der Waals surface area contributed by atoms with Gasteiger partial charge in [-0.15, -0.1) is 10.2 Å². The molecule has 3 aromatic rings. The third kappa shape index (κ3) is 4.29. The van der Waals surface area contributed by atoms with Crippen LogP contribution in [0.2, 0.25) is 0 Å². The Balaban J connectivity index is 1.67. The van der Waals surface area contributed by atoms with Crippen molar-refractivity contribution in [1.29, 1.82) is 5.26 Å². The molecule has 0 aliphatic heterocycles. The van der Waals surface area contributed by atoms with Crippen LogP contribution in [-0.2, 0) is 4.79 Å². The van der Waals surface area contributed by atoms with Gasteiger partial charge < -0.3 is 4.42 Å². The van der Waals surface area contributed by atoms with Gasteiger partial charge in [-0.2, -0.15) is 5.26 Å². The zero-order valence-electron chi connectivity index (χ0n) is 14.1. The number of carbonyl (C=O) groups excluding carboxylic acids is 1. The number of rotatable bonds is 6. The molecule has 1 amide bonds. The van der Waals surface area contributed by atoms with E-state index in [2.05, 4.69) is 10.2 Å². The summed E-state index contributed by atoms with van der Waals surface area (Å²) in [7, 11) is 0. The minimum Gasteiger partial charge on any atom is -0.411 e. The van der Waals surface area contributed by atoms with Gasteiger partial charge in [-0.25, -0.2) is 0 Å². The lowest BCUT2D eigenvalue weighted by atomic mass is 10.1. The highest BCUT2D eigenvalue weighted by Crippen LogP contribution is 2.24. The Morgan fingerprint density at radius 1 is 1.19 bits per heavy atom. The molecule has 0 saturated heterocycles. The lowest BCUT2D eigenvalue weighted by Crippen LogP contribution is -2.32. The van der Waals surface area contributed by atoms with E-state index in [0.717, 1.165) is 22.9 Å². The van der Waals surface area contributed by atoms with E-state index in [1.54, 1.807) is 12.1 Å². The van der Waals surface area contributed by atoms with Gasteiger partial charge in [0.05, 0.1) is 11.8 Å². The van der Waals surface area contributed by atoms with Gasteiger partial charge in [-0.1, -0.05) is 47.7 Å². The zero-order valence-corrected chi connectivity index (χ0v) is 14.9. The van der Waals surface area contributed by atoms with Crippen molar-refractivity contribution in [3.8, 4) is 17.5 Å². The lowest BCUT2D eigenvalue weighted by molar-refractivity contribution is -0.116. The molecular formula is C19H16N4O2S. The van der Waals surface area contributed by atoms with Crippen LogP contribution in [0.15, 0.2) is 64.2 Å². The third-order valence-corrected chi connectivity index (χ3v) is 4.39. The van der Waals surface area contributed by atoms with Crippen LogP contribution < -0.4 is 4.90 Å². The summed E-state index contributed by atoms with van der Waals surface area (Å²) in [6.07, 6.45) is 0. The van der Waals surface area contributed by atoms with E-state index in [1.165, 1.54) is 4.90 Å². The molecule has 0 bridgehead atoms. The molecule has 6 nitrogen and oxygen atoms in total. The largest absolute Gasteiger partial charge is 0.411 e. The van der Waals surface area contributed by atoms with E-state index in [-0.39, 0.29) is 18.2 Å². The minimum absolute atomic E-state index is 0.0121. The number of benzene rings is 2. The Morgan fingerprint density at radius 2 is 2.00 bits per heavy atom. The molecule has 1 heterocycles. The molecule has 1 aromatic heterocycles. The van der Waals surface area contributed by atoms with Crippen LogP contribution >= 0.6 is 11.8 Å². The van der Waals surface area contributed by atoms with E-state index >= 15 is 0 Å². The monoisotopic (exact) mass is 364 g/mol. The summed E-state index contributed by atoms with van der Waals surface area (Å²) < 4.78 is 5.63. The van der Waals surface area contributed by atoms with Crippen LogP contribution in [0.3, 0.4) is 0 Å². The number of aromatic nitrogens is 2. The quantitative estimate of drug-likeness (QED) is 0.490. The zero-order chi connectivity index (χ0) is 18.4. The molecule has 0 fully saturated rings. The Bertz CT molecular complexity index is 934. The second-order valence-electron chi connectivity index (χ2n) is 5.50. The number of nitriles is 1. The van der Waals surface area contributed by atoms with Gasteiger partial charge in [0, 0.05) is 11.3 Å². The molecule has 0 saturated carbocycles. The summed E-state index contributed by atoms with van der Waals surface area (Å²) in [4.78, 5) is 13.9. The maximum absolute atomic E-state index is 12.5. The molecule has 2 aromatic carbocycles. The first kappa shape index (κ1) is 17.7. The SMILES string of the molecule is Cc1cccc(-c2nnc(SCC(=O)N(CC#N)c3ccccc3)o2)c1. The van der Waals surface area contributed by atoms with Gasteiger partial charge in [-0.05, 0) is 31.2 Å². The van der Waals surface area contributed by atoms with Crippen molar-refractivity contribution in [1.82, 2.24) is 10.2 Å². The molecule has 0 atom stereocenters. The van der Waals surface area contributed by atoms with E-state index in [1.807, 2.05) is 55.5 Å². The smallest absolute Gasteiger partial charge is 0.277 e. The molecule has 0 radical (unpaired) electrons. The maximum Gasteiger partial charge on any atom is 0.277 e. The summed E-state index contributed by atoms with van der Waals surface area (Å²) in [6.45, 7) is 1.98. The third-order valence-electron chi connectivity index (χ3n) is 3.59. The first-order valence-electron chi connectivity index (χ1n) is 7.93. The number of para-hydroxylation sites is 1. The van der Waals surface area contributed by atoms with Crippen LogP contribution in [0.5, 0.6) is 0 Å². The molecule has 7 heteroatoms. The van der Waals surface area contributed by atoms with E-state index < -0.39 is 0 Å². The second-order valence-corrected chi connectivity index (χ2v) is 6.43. The molecule has 0 spiro atoms. The average Bonchev–Trinajstić information content (AvgIpc) is 3.14. The van der Waals surface area contributed by atoms with Crippen LogP contribution in [0.4, 0.5) is 5.69 Å². The van der Waals surface area contributed by atoms with Crippen LogP contribution in [0.25, 0.3) is 11.5 Å². The molecule has 26 heavy (non-hydrogen) atoms. The molecule has 0 aliphatic rings.